The fourth-order valence-corrected chi connectivity index (χ4v) is 1.56. The summed E-state index contributed by atoms with van der Waals surface area (Å²) in [6.07, 6.45) is 4.57. The van der Waals surface area contributed by atoms with Gasteiger partial charge in [0.1, 0.15) is 6.04 Å². The van der Waals surface area contributed by atoms with Crippen LogP contribution in [-0.2, 0) is 16.0 Å². The highest BCUT2D eigenvalue weighted by Gasteiger charge is 2.17. The average molecular weight is 233 g/mol. The van der Waals surface area contributed by atoms with Crippen molar-refractivity contribution in [2.75, 3.05) is 13.7 Å². The first-order valence-electron chi connectivity index (χ1n) is 5.74. The molecule has 0 aliphatic rings. The van der Waals surface area contributed by atoms with Crippen LogP contribution in [0.15, 0.2) is 42.5 Å². The summed E-state index contributed by atoms with van der Waals surface area (Å²) in [5.74, 6) is -0.224. The molecule has 1 aromatic rings. The Balaban J connectivity index is 2.60. The summed E-state index contributed by atoms with van der Waals surface area (Å²) in [6.45, 7) is 2.62. The number of rotatable bonds is 6. The van der Waals surface area contributed by atoms with Crippen LogP contribution >= 0.6 is 0 Å². The topological polar surface area (TPSA) is 38.3 Å². The van der Waals surface area contributed by atoms with E-state index in [9.17, 15) is 4.79 Å². The molecule has 3 nitrogen and oxygen atoms in total. The van der Waals surface area contributed by atoms with E-state index < -0.39 is 0 Å². The maximum absolute atomic E-state index is 11.6. The van der Waals surface area contributed by atoms with Gasteiger partial charge in [-0.3, -0.25) is 4.79 Å². The molecule has 0 bridgehead atoms. The van der Waals surface area contributed by atoms with E-state index in [1.54, 1.807) is 0 Å². The molecule has 0 amide bonds. The van der Waals surface area contributed by atoms with Crippen LogP contribution in [0.3, 0.4) is 0 Å². The maximum Gasteiger partial charge on any atom is 0.323 e. The van der Waals surface area contributed by atoms with Gasteiger partial charge in [-0.25, -0.2) is 0 Å². The molecule has 1 N–H and O–H groups in total. The van der Waals surface area contributed by atoms with Gasteiger partial charge in [0.15, 0.2) is 0 Å². The molecule has 17 heavy (non-hydrogen) atoms. The van der Waals surface area contributed by atoms with Crippen LogP contribution in [0.1, 0.15) is 12.5 Å². The number of hydrogen-bond acceptors (Lipinski definition) is 3. The highest BCUT2D eigenvalue weighted by Crippen LogP contribution is 2.04. The highest BCUT2D eigenvalue weighted by molar-refractivity contribution is 5.76. The maximum atomic E-state index is 11.6. The van der Waals surface area contributed by atoms with Crippen LogP contribution in [0.25, 0.3) is 0 Å². The van der Waals surface area contributed by atoms with Gasteiger partial charge in [-0.15, -0.1) is 0 Å². The van der Waals surface area contributed by atoms with Crippen molar-refractivity contribution in [1.82, 2.24) is 5.32 Å². The largest absolute Gasteiger partial charge is 0.468 e. The Morgan fingerprint density at radius 2 is 2.12 bits per heavy atom. The molecule has 0 heterocycles. The van der Waals surface area contributed by atoms with E-state index in [1.165, 1.54) is 7.11 Å². The van der Waals surface area contributed by atoms with Crippen molar-refractivity contribution >= 4 is 5.97 Å². The van der Waals surface area contributed by atoms with E-state index in [2.05, 4.69) is 5.32 Å². The third-order valence-electron chi connectivity index (χ3n) is 2.49. The molecule has 0 radical (unpaired) electrons. The Morgan fingerprint density at radius 1 is 1.41 bits per heavy atom. The van der Waals surface area contributed by atoms with Crippen LogP contribution < -0.4 is 5.32 Å². The fourth-order valence-electron chi connectivity index (χ4n) is 1.56. The SMILES string of the molecule is C/C=C/CN[C@@H](Cc1ccccc1)C(=O)OC. The molecule has 0 saturated carbocycles. The minimum Gasteiger partial charge on any atom is -0.468 e. The third kappa shape index (κ3) is 4.83. The second-order valence-electron chi connectivity index (χ2n) is 3.74. The van der Waals surface area contributed by atoms with Crippen LogP contribution in [0.2, 0.25) is 0 Å². The van der Waals surface area contributed by atoms with Crippen molar-refractivity contribution in [2.45, 2.75) is 19.4 Å². The molecule has 1 rings (SSSR count). The zero-order valence-corrected chi connectivity index (χ0v) is 10.3. The number of benzene rings is 1. The highest BCUT2D eigenvalue weighted by atomic mass is 16.5. The molecule has 0 aliphatic heterocycles. The molecule has 0 fully saturated rings. The predicted molar refractivity (Wildman–Crippen MR) is 68.8 cm³/mol. The van der Waals surface area contributed by atoms with E-state index in [0.717, 1.165) is 5.56 Å². The Morgan fingerprint density at radius 3 is 2.71 bits per heavy atom. The van der Waals surface area contributed by atoms with Gasteiger partial charge in [-0.2, -0.15) is 0 Å². The standard InChI is InChI=1S/C14H19NO2/c1-3-4-10-15-13(14(16)17-2)11-12-8-6-5-7-9-12/h3-9,13,15H,10-11H2,1-2H3/b4-3+/t13-/m0/s1. The first-order valence-corrected chi connectivity index (χ1v) is 5.74. The quantitative estimate of drug-likeness (QED) is 0.603. The van der Waals surface area contributed by atoms with Gasteiger partial charge in [-0.1, -0.05) is 42.5 Å². The second kappa shape index (κ2) is 7.63. The number of methoxy groups -OCH3 is 1. The van der Waals surface area contributed by atoms with E-state index in [1.807, 2.05) is 49.4 Å². The van der Waals surface area contributed by atoms with Crippen LogP contribution in [0, 0.1) is 0 Å². The van der Waals surface area contributed by atoms with Crippen LogP contribution in [0.4, 0.5) is 0 Å². The summed E-state index contributed by atoms with van der Waals surface area (Å²) in [5, 5.41) is 3.16. The minimum absolute atomic E-state index is 0.224. The molecule has 0 saturated heterocycles. The lowest BCUT2D eigenvalue weighted by Gasteiger charge is -2.15. The normalized spacial score (nSPS) is 12.6. The summed E-state index contributed by atoms with van der Waals surface area (Å²) in [4.78, 5) is 11.6. The lowest BCUT2D eigenvalue weighted by molar-refractivity contribution is -0.143. The smallest absolute Gasteiger partial charge is 0.323 e. The number of ether oxygens (including phenoxy) is 1. The monoisotopic (exact) mass is 233 g/mol. The molecular formula is C14H19NO2. The van der Waals surface area contributed by atoms with Crippen molar-refractivity contribution in [1.29, 1.82) is 0 Å². The molecule has 1 atom stereocenters. The zero-order chi connectivity index (χ0) is 12.5. The summed E-state index contributed by atoms with van der Waals surface area (Å²) < 4.78 is 4.79. The molecular weight excluding hydrogens is 214 g/mol. The first-order chi connectivity index (χ1) is 8.27. The van der Waals surface area contributed by atoms with Gasteiger partial charge in [-0.05, 0) is 18.9 Å². The lowest BCUT2D eigenvalue weighted by Crippen LogP contribution is -2.39. The van der Waals surface area contributed by atoms with E-state index >= 15 is 0 Å². The van der Waals surface area contributed by atoms with Crippen molar-refractivity contribution in [2.24, 2.45) is 0 Å². The van der Waals surface area contributed by atoms with Gasteiger partial charge in [0.25, 0.3) is 0 Å². The van der Waals surface area contributed by atoms with Gasteiger partial charge >= 0.3 is 5.97 Å². The van der Waals surface area contributed by atoms with Crippen molar-refractivity contribution in [3.05, 3.63) is 48.0 Å². The molecule has 92 valence electrons. The molecule has 1 aromatic carbocycles. The Kier molecular flexibility index (Phi) is 6.04. The third-order valence-corrected chi connectivity index (χ3v) is 2.49. The predicted octanol–water partition coefficient (Wildman–Crippen LogP) is 1.94. The van der Waals surface area contributed by atoms with Gasteiger partial charge in [0.2, 0.25) is 0 Å². The molecule has 0 aromatic heterocycles. The number of carbonyl (C=O) groups is 1. The zero-order valence-electron chi connectivity index (χ0n) is 10.3. The van der Waals surface area contributed by atoms with Gasteiger partial charge in [0, 0.05) is 6.54 Å². The lowest BCUT2D eigenvalue weighted by atomic mass is 10.1. The van der Waals surface area contributed by atoms with Crippen molar-refractivity contribution in [3.63, 3.8) is 0 Å². The van der Waals surface area contributed by atoms with Crippen molar-refractivity contribution in [3.8, 4) is 0 Å². The first kappa shape index (κ1) is 13.5. The van der Waals surface area contributed by atoms with E-state index in [0.29, 0.717) is 13.0 Å². The van der Waals surface area contributed by atoms with E-state index in [-0.39, 0.29) is 12.0 Å². The summed E-state index contributed by atoms with van der Waals surface area (Å²) in [5.41, 5.74) is 1.12. The molecule has 3 heteroatoms. The van der Waals surface area contributed by atoms with Crippen molar-refractivity contribution < 1.29 is 9.53 Å². The summed E-state index contributed by atoms with van der Waals surface area (Å²) in [6, 6.07) is 9.62. The second-order valence-corrected chi connectivity index (χ2v) is 3.74. The summed E-state index contributed by atoms with van der Waals surface area (Å²) in [7, 11) is 1.41. The number of carbonyl (C=O) groups excluding carboxylic acids is 1. The van der Waals surface area contributed by atoms with E-state index in [4.69, 9.17) is 4.74 Å². The number of hydrogen-bond donors (Lipinski definition) is 1. The Hall–Kier alpha value is -1.61. The van der Waals surface area contributed by atoms with Crippen LogP contribution in [-0.4, -0.2) is 25.7 Å². The van der Waals surface area contributed by atoms with Gasteiger partial charge < -0.3 is 10.1 Å². The van der Waals surface area contributed by atoms with Gasteiger partial charge in [0.05, 0.1) is 7.11 Å². The number of nitrogens with one attached hydrogen (secondary N) is 1. The number of allylic oxidation sites excluding steroid dienone is 1. The molecule has 0 spiro atoms. The molecule has 0 unspecified atom stereocenters. The Bertz CT molecular complexity index is 360. The average Bonchev–Trinajstić information content (AvgIpc) is 2.38. The number of esters is 1. The summed E-state index contributed by atoms with van der Waals surface area (Å²) >= 11 is 0. The minimum atomic E-state index is -0.293. The fraction of sp³-hybridized carbons (Fsp3) is 0.357. The van der Waals surface area contributed by atoms with Crippen LogP contribution in [0.5, 0.6) is 0 Å². The Labute approximate surface area is 102 Å². The molecule has 0 aliphatic carbocycles.